The first kappa shape index (κ1) is 20.2. The molecule has 0 atom stereocenters. The Labute approximate surface area is 165 Å². The van der Waals surface area contributed by atoms with Crippen molar-refractivity contribution in [1.29, 1.82) is 0 Å². The molecule has 1 aromatic rings. The van der Waals surface area contributed by atoms with Gasteiger partial charge >= 0.3 is 12.0 Å². The van der Waals surface area contributed by atoms with Gasteiger partial charge in [-0.3, -0.25) is 9.59 Å². The SMILES string of the molecule is Cc1ccccc1CC(=O)N1CCN(C(=O)NC2CCC(C(=O)O)CC2)CC1. The number of nitrogens with one attached hydrogen (secondary N) is 1. The second-order valence-corrected chi connectivity index (χ2v) is 7.81. The Morgan fingerprint density at radius 3 is 2.21 bits per heavy atom. The number of nitrogens with zero attached hydrogens (tertiary/aromatic N) is 2. The minimum atomic E-state index is -0.740. The van der Waals surface area contributed by atoms with E-state index in [0.717, 1.165) is 11.1 Å². The second kappa shape index (κ2) is 9.08. The first-order valence-corrected chi connectivity index (χ1v) is 10.0. The van der Waals surface area contributed by atoms with E-state index in [2.05, 4.69) is 5.32 Å². The van der Waals surface area contributed by atoms with E-state index in [1.165, 1.54) is 0 Å². The quantitative estimate of drug-likeness (QED) is 0.827. The Bertz CT molecular complexity index is 720. The van der Waals surface area contributed by atoms with E-state index in [4.69, 9.17) is 5.11 Å². The van der Waals surface area contributed by atoms with E-state index >= 15 is 0 Å². The van der Waals surface area contributed by atoms with E-state index < -0.39 is 5.97 Å². The van der Waals surface area contributed by atoms with Gasteiger partial charge in [0.2, 0.25) is 5.91 Å². The standard InChI is InChI=1S/C21H29N3O4/c1-15-4-2-3-5-17(15)14-19(25)23-10-12-24(13-11-23)21(28)22-18-8-6-16(7-9-18)20(26)27/h2-5,16,18H,6-14H2,1H3,(H,22,28)(H,26,27). The number of rotatable bonds is 4. The maximum absolute atomic E-state index is 12.6. The van der Waals surface area contributed by atoms with Crippen LogP contribution < -0.4 is 5.32 Å². The van der Waals surface area contributed by atoms with Crippen LogP contribution >= 0.6 is 0 Å². The molecule has 3 rings (SSSR count). The average molecular weight is 387 g/mol. The fourth-order valence-corrected chi connectivity index (χ4v) is 3.99. The van der Waals surface area contributed by atoms with E-state index in [0.29, 0.717) is 58.3 Å². The number of aliphatic carboxylic acids is 1. The minimum absolute atomic E-state index is 0.0452. The first-order chi connectivity index (χ1) is 13.4. The molecular weight excluding hydrogens is 358 g/mol. The van der Waals surface area contributed by atoms with Gasteiger partial charge in [-0.1, -0.05) is 24.3 Å². The van der Waals surface area contributed by atoms with Gasteiger partial charge in [0.1, 0.15) is 0 Å². The van der Waals surface area contributed by atoms with E-state index in [-0.39, 0.29) is 23.9 Å². The molecule has 1 aromatic carbocycles. The van der Waals surface area contributed by atoms with Crippen LogP contribution in [0.15, 0.2) is 24.3 Å². The zero-order chi connectivity index (χ0) is 20.1. The van der Waals surface area contributed by atoms with Crippen molar-refractivity contribution >= 4 is 17.9 Å². The summed E-state index contributed by atoms with van der Waals surface area (Å²) < 4.78 is 0. The van der Waals surface area contributed by atoms with Gasteiger partial charge < -0.3 is 20.2 Å². The van der Waals surface area contributed by atoms with Gasteiger partial charge in [0.15, 0.2) is 0 Å². The Balaban J connectivity index is 1.42. The zero-order valence-electron chi connectivity index (χ0n) is 16.4. The van der Waals surface area contributed by atoms with Crippen LogP contribution in [0.2, 0.25) is 0 Å². The predicted molar refractivity (Wildman–Crippen MR) is 105 cm³/mol. The highest BCUT2D eigenvalue weighted by Gasteiger charge is 2.29. The van der Waals surface area contributed by atoms with Gasteiger partial charge in [-0.25, -0.2) is 4.79 Å². The highest BCUT2D eigenvalue weighted by atomic mass is 16.4. The fourth-order valence-electron chi connectivity index (χ4n) is 3.99. The number of carbonyl (C=O) groups excluding carboxylic acids is 2. The highest BCUT2D eigenvalue weighted by molar-refractivity contribution is 5.80. The van der Waals surface area contributed by atoms with Gasteiger partial charge in [-0.15, -0.1) is 0 Å². The van der Waals surface area contributed by atoms with E-state index in [1.54, 1.807) is 4.90 Å². The number of amides is 3. The van der Waals surface area contributed by atoms with Crippen molar-refractivity contribution in [3.63, 3.8) is 0 Å². The van der Waals surface area contributed by atoms with Crippen LogP contribution in [-0.4, -0.2) is 65.0 Å². The minimum Gasteiger partial charge on any atom is -0.481 e. The lowest BCUT2D eigenvalue weighted by Gasteiger charge is -2.36. The fraction of sp³-hybridized carbons (Fsp3) is 0.571. The Hall–Kier alpha value is -2.57. The largest absolute Gasteiger partial charge is 0.481 e. The average Bonchev–Trinajstić information content (AvgIpc) is 2.70. The maximum Gasteiger partial charge on any atom is 0.317 e. The molecule has 0 spiro atoms. The zero-order valence-corrected chi connectivity index (χ0v) is 16.4. The molecule has 7 heteroatoms. The second-order valence-electron chi connectivity index (χ2n) is 7.81. The van der Waals surface area contributed by atoms with Crippen LogP contribution in [0, 0.1) is 12.8 Å². The lowest BCUT2D eigenvalue weighted by atomic mass is 9.86. The summed E-state index contributed by atoms with van der Waals surface area (Å²) in [5.41, 5.74) is 2.16. The van der Waals surface area contributed by atoms with Gasteiger partial charge in [0.25, 0.3) is 0 Å². The van der Waals surface area contributed by atoms with Gasteiger partial charge in [-0.05, 0) is 43.7 Å². The van der Waals surface area contributed by atoms with Crippen LogP contribution in [0.1, 0.15) is 36.8 Å². The van der Waals surface area contributed by atoms with Crippen molar-refractivity contribution in [2.75, 3.05) is 26.2 Å². The molecule has 3 amide bonds. The molecule has 152 valence electrons. The summed E-state index contributed by atoms with van der Waals surface area (Å²) in [5.74, 6) is -0.923. The van der Waals surface area contributed by atoms with Crippen LogP contribution in [0.4, 0.5) is 4.79 Å². The van der Waals surface area contributed by atoms with Gasteiger partial charge in [0, 0.05) is 32.2 Å². The molecular formula is C21H29N3O4. The van der Waals surface area contributed by atoms with E-state index in [1.807, 2.05) is 36.1 Å². The summed E-state index contributed by atoms with van der Waals surface area (Å²) in [6.45, 7) is 4.15. The number of carboxylic acid groups (broad SMARTS) is 1. The number of aryl methyl sites for hydroxylation is 1. The van der Waals surface area contributed by atoms with Crippen molar-refractivity contribution in [1.82, 2.24) is 15.1 Å². The molecule has 2 fully saturated rings. The summed E-state index contributed by atoms with van der Waals surface area (Å²) in [6, 6.07) is 7.84. The highest BCUT2D eigenvalue weighted by Crippen LogP contribution is 2.24. The molecule has 2 aliphatic rings. The predicted octanol–water partition coefficient (Wildman–Crippen LogP) is 2.03. The number of urea groups is 1. The lowest BCUT2D eigenvalue weighted by Crippen LogP contribution is -2.55. The number of hydrogen-bond acceptors (Lipinski definition) is 3. The number of carboxylic acids is 1. The molecule has 1 saturated heterocycles. The monoisotopic (exact) mass is 387 g/mol. The van der Waals surface area contributed by atoms with Gasteiger partial charge in [0.05, 0.1) is 12.3 Å². The first-order valence-electron chi connectivity index (χ1n) is 10.0. The summed E-state index contributed by atoms with van der Waals surface area (Å²) in [6.07, 6.45) is 3.03. The summed E-state index contributed by atoms with van der Waals surface area (Å²) in [4.78, 5) is 39.6. The molecule has 7 nitrogen and oxygen atoms in total. The van der Waals surface area contributed by atoms with Crippen molar-refractivity contribution in [3.8, 4) is 0 Å². The third-order valence-corrected chi connectivity index (χ3v) is 5.93. The van der Waals surface area contributed by atoms with Gasteiger partial charge in [-0.2, -0.15) is 0 Å². The smallest absolute Gasteiger partial charge is 0.317 e. The molecule has 0 unspecified atom stereocenters. The summed E-state index contributed by atoms with van der Waals surface area (Å²) in [5, 5.41) is 12.1. The summed E-state index contributed by atoms with van der Waals surface area (Å²) in [7, 11) is 0. The van der Waals surface area contributed by atoms with Crippen molar-refractivity contribution < 1.29 is 19.5 Å². The molecule has 0 bridgehead atoms. The molecule has 0 aromatic heterocycles. The van der Waals surface area contributed by atoms with Crippen LogP contribution in [0.5, 0.6) is 0 Å². The Morgan fingerprint density at radius 1 is 1.00 bits per heavy atom. The molecule has 0 radical (unpaired) electrons. The lowest BCUT2D eigenvalue weighted by molar-refractivity contribution is -0.142. The molecule has 28 heavy (non-hydrogen) atoms. The van der Waals surface area contributed by atoms with Crippen molar-refractivity contribution in [3.05, 3.63) is 35.4 Å². The molecule has 1 heterocycles. The number of piperazine rings is 1. The molecule has 2 N–H and O–H groups in total. The van der Waals surface area contributed by atoms with Crippen LogP contribution in [-0.2, 0) is 16.0 Å². The third kappa shape index (κ3) is 5.03. The maximum atomic E-state index is 12.6. The topological polar surface area (TPSA) is 90.0 Å². The number of hydrogen-bond donors (Lipinski definition) is 2. The van der Waals surface area contributed by atoms with E-state index in [9.17, 15) is 14.4 Å². The van der Waals surface area contributed by atoms with Crippen molar-refractivity contribution in [2.45, 2.75) is 45.1 Å². The third-order valence-electron chi connectivity index (χ3n) is 5.93. The Kier molecular flexibility index (Phi) is 6.54. The van der Waals surface area contributed by atoms with Crippen molar-refractivity contribution in [2.24, 2.45) is 5.92 Å². The molecule has 1 aliphatic heterocycles. The summed E-state index contributed by atoms with van der Waals surface area (Å²) >= 11 is 0. The van der Waals surface area contributed by atoms with Crippen LogP contribution in [0.3, 0.4) is 0 Å². The normalized spacial score (nSPS) is 22.6. The Morgan fingerprint density at radius 2 is 1.61 bits per heavy atom. The molecule has 1 saturated carbocycles. The molecule has 1 aliphatic carbocycles. The number of carbonyl (C=O) groups is 3. The number of benzene rings is 1. The van der Waals surface area contributed by atoms with Crippen LogP contribution in [0.25, 0.3) is 0 Å².